The Hall–Kier alpha value is -2.97. The van der Waals surface area contributed by atoms with Gasteiger partial charge >= 0.3 is 12.0 Å². The second kappa shape index (κ2) is 8.37. The zero-order valence-electron chi connectivity index (χ0n) is 16.4. The van der Waals surface area contributed by atoms with Gasteiger partial charge in [0.1, 0.15) is 5.54 Å². The first-order chi connectivity index (χ1) is 13.5. The smallest absolute Gasteiger partial charge is 0.340 e. The number of benzene rings is 1. The highest BCUT2D eigenvalue weighted by Crippen LogP contribution is 2.39. The average molecular weight is 386 g/mol. The van der Waals surface area contributed by atoms with E-state index < -0.39 is 11.5 Å². The fourth-order valence-electron chi connectivity index (χ4n) is 3.67. The van der Waals surface area contributed by atoms with Gasteiger partial charge in [0.05, 0.1) is 18.4 Å². The van der Waals surface area contributed by atoms with Gasteiger partial charge in [0.15, 0.2) is 5.82 Å². The monoisotopic (exact) mass is 386 g/mol. The highest BCUT2D eigenvalue weighted by molar-refractivity contribution is 5.93. The van der Waals surface area contributed by atoms with Crippen LogP contribution in [0.1, 0.15) is 55.7 Å². The molecule has 1 fully saturated rings. The van der Waals surface area contributed by atoms with Gasteiger partial charge in [0.25, 0.3) is 0 Å². The molecular formula is C19H26N6O3. The molecule has 0 aliphatic heterocycles. The molecule has 0 spiro atoms. The lowest BCUT2D eigenvalue weighted by Gasteiger charge is -2.38. The number of urea groups is 1. The molecule has 1 aromatic heterocycles. The fourth-order valence-corrected chi connectivity index (χ4v) is 3.67. The van der Waals surface area contributed by atoms with Crippen LogP contribution in [-0.2, 0) is 10.3 Å². The van der Waals surface area contributed by atoms with E-state index in [9.17, 15) is 9.59 Å². The van der Waals surface area contributed by atoms with Gasteiger partial charge in [-0.15, -0.1) is 5.10 Å². The van der Waals surface area contributed by atoms with E-state index in [0.29, 0.717) is 42.4 Å². The van der Waals surface area contributed by atoms with Gasteiger partial charge in [-0.2, -0.15) is 4.68 Å². The summed E-state index contributed by atoms with van der Waals surface area (Å²) < 4.78 is 6.43. The summed E-state index contributed by atoms with van der Waals surface area (Å²) in [5.41, 5.74) is 0.166. The van der Waals surface area contributed by atoms with Crippen molar-refractivity contribution in [2.45, 2.75) is 45.1 Å². The van der Waals surface area contributed by atoms with Gasteiger partial charge in [-0.05, 0) is 61.1 Å². The van der Waals surface area contributed by atoms with Crippen molar-refractivity contribution in [3.05, 3.63) is 35.7 Å². The van der Waals surface area contributed by atoms with E-state index in [1.54, 1.807) is 24.3 Å². The molecule has 2 N–H and O–H groups in total. The van der Waals surface area contributed by atoms with E-state index in [1.807, 2.05) is 6.92 Å². The zero-order chi connectivity index (χ0) is 20.1. The molecule has 1 heterocycles. The number of carbonyl (C=O) groups excluding carboxylic acids is 2. The van der Waals surface area contributed by atoms with Crippen LogP contribution in [0.4, 0.5) is 4.79 Å². The van der Waals surface area contributed by atoms with Gasteiger partial charge in [-0.25, -0.2) is 9.59 Å². The lowest BCUT2D eigenvalue weighted by atomic mass is 9.76. The summed E-state index contributed by atoms with van der Waals surface area (Å²) >= 11 is 0. The van der Waals surface area contributed by atoms with Crippen molar-refractivity contribution in [3.63, 3.8) is 0 Å². The molecule has 1 aliphatic carbocycles. The average Bonchev–Trinajstić information content (AvgIpc) is 3.20. The molecule has 1 saturated carbocycles. The molecule has 2 amide bonds. The molecule has 0 radical (unpaired) electrons. The minimum absolute atomic E-state index is 0.257. The van der Waals surface area contributed by atoms with E-state index in [-0.39, 0.29) is 6.03 Å². The molecule has 9 heteroatoms. The topological polar surface area (TPSA) is 111 Å². The van der Waals surface area contributed by atoms with E-state index >= 15 is 0 Å². The highest BCUT2D eigenvalue weighted by Gasteiger charge is 2.42. The van der Waals surface area contributed by atoms with Gasteiger partial charge in [-0.1, -0.05) is 19.1 Å². The Kier molecular flexibility index (Phi) is 5.91. The Morgan fingerprint density at radius 2 is 2.00 bits per heavy atom. The summed E-state index contributed by atoms with van der Waals surface area (Å²) in [5.74, 6) is 0.609. The van der Waals surface area contributed by atoms with Crippen LogP contribution < -0.4 is 10.6 Å². The van der Waals surface area contributed by atoms with Crippen molar-refractivity contribution in [1.82, 2.24) is 30.8 Å². The Morgan fingerprint density at radius 1 is 1.29 bits per heavy atom. The number of nitrogens with one attached hydrogen (secondary N) is 2. The number of hydrogen-bond acceptors (Lipinski definition) is 6. The molecule has 9 nitrogen and oxygen atoms in total. The summed E-state index contributed by atoms with van der Waals surface area (Å²) in [4.78, 5) is 24.6. The number of nitrogens with zero attached hydrogens (tertiary/aromatic N) is 4. The molecule has 28 heavy (non-hydrogen) atoms. The van der Waals surface area contributed by atoms with Crippen molar-refractivity contribution < 1.29 is 14.3 Å². The Morgan fingerprint density at radius 3 is 2.68 bits per heavy atom. The third-order valence-electron chi connectivity index (χ3n) is 5.25. The summed E-state index contributed by atoms with van der Waals surface area (Å²) in [7, 11) is 1.33. The Balaban J connectivity index is 2.07. The minimum atomic E-state index is -0.710. The third kappa shape index (κ3) is 3.83. The van der Waals surface area contributed by atoms with Crippen molar-refractivity contribution in [1.29, 1.82) is 0 Å². The molecule has 0 atom stereocenters. The Bertz CT molecular complexity index is 842. The van der Waals surface area contributed by atoms with Crippen LogP contribution in [0.25, 0.3) is 5.69 Å². The summed E-state index contributed by atoms with van der Waals surface area (Å²) in [6, 6.07) is 6.73. The first-order valence-electron chi connectivity index (χ1n) is 9.53. The van der Waals surface area contributed by atoms with Gasteiger partial charge in [0.2, 0.25) is 0 Å². The number of aromatic nitrogens is 4. The summed E-state index contributed by atoms with van der Waals surface area (Å²) in [6.45, 7) is 4.59. The van der Waals surface area contributed by atoms with Crippen LogP contribution >= 0.6 is 0 Å². The number of para-hydroxylation sites is 1. The van der Waals surface area contributed by atoms with Crippen molar-refractivity contribution in [3.8, 4) is 5.69 Å². The van der Waals surface area contributed by atoms with Crippen LogP contribution in [0, 0.1) is 5.92 Å². The third-order valence-corrected chi connectivity index (χ3v) is 5.25. The number of rotatable bonds is 5. The van der Waals surface area contributed by atoms with Crippen molar-refractivity contribution >= 4 is 12.0 Å². The maximum atomic E-state index is 12.4. The molecule has 3 rings (SSSR count). The SMILES string of the molecule is CCNC(=O)NC1(c2nnnn2-c2ccccc2C(=O)OC)CCC(C)CC1. The molecule has 2 aromatic rings. The lowest BCUT2D eigenvalue weighted by Crippen LogP contribution is -2.53. The van der Waals surface area contributed by atoms with Crippen LogP contribution in [-0.4, -0.2) is 45.9 Å². The minimum Gasteiger partial charge on any atom is -0.465 e. The second-order valence-electron chi connectivity index (χ2n) is 7.17. The number of ether oxygens (including phenoxy) is 1. The zero-order valence-corrected chi connectivity index (χ0v) is 16.4. The molecule has 0 unspecified atom stereocenters. The van der Waals surface area contributed by atoms with Crippen LogP contribution in [0.2, 0.25) is 0 Å². The standard InChI is InChI=1S/C19H26N6O3/c1-4-20-18(27)21-19(11-9-13(2)10-12-19)17-22-23-24-25(17)15-8-6-5-7-14(15)16(26)28-3/h5-8,13H,4,9-12H2,1-3H3,(H2,20,21,27). The normalized spacial score (nSPS) is 21.8. The molecule has 150 valence electrons. The first kappa shape index (κ1) is 19.8. The molecule has 1 aliphatic rings. The van der Waals surface area contributed by atoms with Crippen LogP contribution in [0.5, 0.6) is 0 Å². The van der Waals surface area contributed by atoms with E-state index in [4.69, 9.17) is 4.74 Å². The van der Waals surface area contributed by atoms with Gasteiger partial charge < -0.3 is 15.4 Å². The fraction of sp³-hybridized carbons (Fsp3) is 0.526. The van der Waals surface area contributed by atoms with E-state index in [2.05, 4.69) is 33.1 Å². The molecular weight excluding hydrogens is 360 g/mol. The van der Waals surface area contributed by atoms with E-state index in [1.165, 1.54) is 11.8 Å². The van der Waals surface area contributed by atoms with E-state index in [0.717, 1.165) is 12.8 Å². The van der Waals surface area contributed by atoms with Crippen LogP contribution in [0.15, 0.2) is 24.3 Å². The van der Waals surface area contributed by atoms with Crippen molar-refractivity contribution in [2.24, 2.45) is 5.92 Å². The van der Waals surface area contributed by atoms with Gasteiger partial charge in [-0.3, -0.25) is 0 Å². The predicted octanol–water partition coefficient (Wildman–Crippen LogP) is 2.17. The highest BCUT2D eigenvalue weighted by atomic mass is 16.5. The lowest BCUT2D eigenvalue weighted by molar-refractivity contribution is 0.0600. The van der Waals surface area contributed by atoms with Gasteiger partial charge in [0, 0.05) is 6.54 Å². The Labute approximate surface area is 163 Å². The largest absolute Gasteiger partial charge is 0.465 e. The summed E-state index contributed by atoms with van der Waals surface area (Å²) in [5, 5.41) is 18.1. The number of hydrogen-bond donors (Lipinski definition) is 2. The quantitative estimate of drug-likeness (QED) is 0.762. The molecule has 1 aromatic carbocycles. The molecule has 0 bridgehead atoms. The number of amides is 2. The number of tetrazole rings is 1. The first-order valence-corrected chi connectivity index (χ1v) is 9.53. The number of esters is 1. The van der Waals surface area contributed by atoms with Crippen LogP contribution in [0.3, 0.4) is 0 Å². The second-order valence-corrected chi connectivity index (χ2v) is 7.17. The number of methoxy groups -OCH3 is 1. The number of carbonyl (C=O) groups is 2. The maximum absolute atomic E-state index is 12.4. The maximum Gasteiger partial charge on any atom is 0.340 e. The predicted molar refractivity (Wildman–Crippen MR) is 102 cm³/mol. The summed E-state index contributed by atoms with van der Waals surface area (Å²) in [6.07, 6.45) is 3.31. The van der Waals surface area contributed by atoms with Crippen molar-refractivity contribution in [2.75, 3.05) is 13.7 Å². The molecule has 0 saturated heterocycles.